The third-order valence-corrected chi connectivity index (χ3v) is 4.02. The molecule has 0 bridgehead atoms. The Morgan fingerprint density at radius 1 is 0.920 bits per heavy atom. The molecule has 2 aromatic rings. The van der Waals surface area contributed by atoms with Crippen LogP contribution in [-0.4, -0.2) is 25.0 Å². The van der Waals surface area contributed by atoms with Crippen LogP contribution >= 0.6 is 23.2 Å². The first kappa shape index (κ1) is 19.1. The zero-order valence-corrected chi connectivity index (χ0v) is 15.0. The topological polar surface area (TPSA) is 70.2 Å². The lowest BCUT2D eigenvalue weighted by Crippen LogP contribution is -2.42. The molecule has 25 heavy (non-hydrogen) atoms. The third kappa shape index (κ3) is 7.03. The molecule has 3 N–H and O–H groups in total. The molecule has 5 nitrogen and oxygen atoms in total. The number of carbonyl (C=O) groups is 2. The minimum atomic E-state index is -0.389. The van der Waals surface area contributed by atoms with Crippen LogP contribution in [0.1, 0.15) is 11.1 Å². The molecule has 0 saturated carbocycles. The summed E-state index contributed by atoms with van der Waals surface area (Å²) in [5.41, 5.74) is 1.89. The zero-order chi connectivity index (χ0) is 18.1. The predicted molar refractivity (Wildman–Crippen MR) is 99.9 cm³/mol. The van der Waals surface area contributed by atoms with Gasteiger partial charge in [-0.15, -0.1) is 0 Å². The van der Waals surface area contributed by atoms with Gasteiger partial charge in [-0.2, -0.15) is 0 Å². The van der Waals surface area contributed by atoms with Gasteiger partial charge in [-0.3, -0.25) is 4.79 Å². The maximum atomic E-state index is 11.7. The molecular formula is C18H19Cl2N3O2. The minimum absolute atomic E-state index is 0.0883. The Labute approximate surface area is 156 Å². The van der Waals surface area contributed by atoms with Gasteiger partial charge in [-0.25, -0.2) is 4.79 Å². The first-order valence-corrected chi connectivity index (χ1v) is 8.56. The Kier molecular flexibility index (Phi) is 7.57. The van der Waals surface area contributed by atoms with Crippen LogP contribution in [0.3, 0.4) is 0 Å². The highest BCUT2D eigenvalue weighted by Crippen LogP contribution is 2.20. The number of halogens is 2. The van der Waals surface area contributed by atoms with E-state index >= 15 is 0 Å². The fourth-order valence-electron chi connectivity index (χ4n) is 2.12. The first-order valence-electron chi connectivity index (χ1n) is 7.81. The van der Waals surface area contributed by atoms with Crippen molar-refractivity contribution in [1.29, 1.82) is 0 Å². The average Bonchev–Trinajstić information content (AvgIpc) is 2.61. The van der Waals surface area contributed by atoms with Crippen LogP contribution in [-0.2, 0) is 17.8 Å². The van der Waals surface area contributed by atoms with Crippen LogP contribution in [0.25, 0.3) is 0 Å². The van der Waals surface area contributed by atoms with Crippen molar-refractivity contribution >= 4 is 35.1 Å². The SMILES string of the molecule is O=C(CNC(=O)NCc1ccccc1)NCCc1ccc(Cl)cc1Cl. The molecule has 0 spiro atoms. The van der Waals surface area contributed by atoms with Crippen molar-refractivity contribution in [3.63, 3.8) is 0 Å². The molecule has 132 valence electrons. The van der Waals surface area contributed by atoms with Crippen molar-refractivity contribution in [2.75, 3.05) is 13.1 Å². The highest BCUT2D eigenvalue weighted by molar-refractivity contribution is 6.35. The van der Waals surface area contributed by atoms with Crippen LogP contribution in [0.15, 0.2) is 48.5 Å². The van der Waals surface area contributed by atoms with E-state index in [1.807, 2.05) is 36.4 Å². The van der Waals surface area contributed by atoms with Crippen molar-refractivity contribution < 1.29 is 9.59 Å². The van der Waals surface area contributed by atoms with E-state index in [1.54, 1.807) is 12.1 Å². The summed E-state index contributed by atoms with van der Waals surface area (Å²) in [4.78, 5) is 23.4. The molecule has 0 heterocycles. The smallest absolute Gasteiger partial charge is 0.315 e. The highest BCUT2D eigenvalue weighted by Gasteiger charge is 2.06. The van der Waals surface area contributed by atoms with Crippen molar-refractivity contribution in [3.8, 4) is 0 Å². The van der Waals surface area contributed by atoms with E-state index < -0.39 is 0 Å². The summed E-state index contributed by atoms with van der Waals surface area (Å²) in [6, 6.07) is 14.4. The fraction of sp³-hybridized carbons (Fsp3) is 0.222. The summed E-state index contributed by atoms with van der Waals surface area (Å²) in [5, 5.41) is 9.07. The lowest BCUT2D eigenvalue weighted by molar-refractivity contribution is -0.120. The molecule has 3 amide bonds. The van der Waals surface area contributed by atoms with E-state index in [9.17, 15) is 9.59 Å². The Morgan fingerprint density at radius 2 is 1.68 bits per heavy atom. The Bertz CT molecular complexity index is 724. The van der Waals surface area contributed by atoms with Gasteiger partial charge >= 0.3 is 6.03 Å². The summed E-state index contributed by atoms with van der Waals surface area (Å²) in [6.45, 7) is 0.742. The fourth-order valence-corrected chi connectivity index (χ4v) is 2.63. The lowest BCUT2D eigenvalue weighted by atomic mass is 10.1. The maximum absolute atomic E-state index is 11.7. The molecule has 0 atom stereocenters. The van der Waals surface area contributed by atoms with Gasteiger partial charge in [0.25, 0.3) is 0 Å². The predicted octanol–water partition coefficient (Wildman–Crippen LogP) is 3.15. The molecule has 7 heteroatoms. The van der Waals surface area contributed by atoms with Crippen molar-refractivity contribution in [2.45, 2.75) is 13.0 Å². The Hall–Kier alpha value is -2.24. The number of hydrogen-bond donors (Lipinski definition) is 3. The average molecular weight is 380 g/mol. The number of hydrogen-bond acceptors (Lipinski definition) is 2. The molecule has 0 aliphatic rings. The second kappa shape index (κ2) is 9.91. The molecule has 0 fully saturated rings. The van der Waals surface area contributed by atoms with E-state index in [-0.39, 0.29) is 18.5 Å². The van der Waals surface area contributed by atoms with Crippen molar-refractivity contribution in [3.05, 3.63) is 69.7 Å². The van der Waals surface area contributed by atoms with Gasteiger partial charge in [-0.05, 0) is 29.7 Å². The molecule has 0 aliphatic carbocycles. The lowest BCUT2D eigenvalue weighted by Gasteiger charge is -2.09. The number of nitrogens with one attached hydrogen (secondary N) is 3. The van der Waals surface area contributed by atoms with Crippen LogP contribution in [0.2, 0.25) is 10.0 Å². The molecule has 0 aliphatic heterocycles. The Morgan fingerprint density at radius 3 is 2.40 bits per heavy atom. The summed E-state index contributed by atoms with van der Waals surface area (Å²) < 4.78 is 0. The molecule has 0 aromatic heterocycles. The second-order valence-corrected chi connectivity index (χ2v) is 6.20. The number of benzene rings is 2. The largest absolute Gasteiger partial charge is 0.354 e. The van der Waals surface area contributed by atoms with Gasteiger partial charge in [0.1, 0.15) is 0 Å². The van der Waals surface area contributed by atoms with Gasteiger partial charge in [0.05, 0.1) is 6.54 Å². The monoisotopic (exact) mass is 379 g/mol. The zero-order valence-electron chi connectivity index (χ0n) is 13.5. The Balaban J connectivity index is 1.62. The number of amides is 3. The number of urea groups is 1. The van der Waals surface area contributed by atoms with Crippen molar-refractivity contribution in [2.24, 2.45) is 0 Å². The van der Waals surface area contributed by atoms with Gasteiger partial charge < -0.3 is 16.0 Å². The highest BCUT2D eigenvalue weighted by atomic mass is 35.5. The van der Waals surface area contributed by atoms with Gasteiger partial charge in [0.2, 0.25) is 5.91 Å². The van der Waals surface area contributed by atoms with E-state index in [2.05, 4.69) is 16.0 Å². The second-order valence-electron chi connectivity index (χ2n) is 5.36. The maximum Gasteiger partial charge on any atom is 0.315 e. The van der Waals surface area contributed by atoms with E-state index in [1.165, 1.54) is 0 Å². The molecule has 2 rings (SSSR count). The molecule has 0 radical (unpaired) electrons. The normalized spacial score (nSPS) is 10.2. The minimum Gasteiger partial charge on any atom is -0.354 e. The summed E-state index contributed by atoms with van der Waals surface area (Å²) in [5.74, 6) is -0.264. The van der Waals surface area contributed by atoms with Crippen LogP contribution in [0, 0.1) is 0 Å². The van der Waals surface area contributed by atoms with E-state index in [0.717, 1.165) is 11.1 Å². The van der Waals surface area contributed by atoms with Crippen molar-refractivity contribution in [1.82, 2.24) is 16.0 Å². The number of rotatable bonds is 7. The quantitative estimate of drug-likeness (QED) is 0.691. The van der Waals surface area contributed by atoms with Crippen LogP contribution in [0.5, 0.6) is 0 Å². The standard InChI is InChI=1S/C18H19Cl2N3O2/c19-15-7-6-14(16(20)10-15)8-9-21-17(24)12-23-18(25)22-11-13-4-2-1-3-5-13/h1-7,10H,8-9,11-12H2,(H,21,24)(H2,22,23,25). The van der Waals surface area contributed by atoms with Crippen LogP contribution < -0.4 is 16.0 Å². The molecule has 0 saturated heterocycles. The molecule has 2 aromatic carbocycles. The van der Waals surface area contributed by atoms with Crippen LogP contribution in [0.4, 0.5) is 4.79 Å². The van der Waals surface area contributed by atoms with Gasteiger partial charge in [-0.1, -0.05) is 59.6 Å². The summed E-state index contributed by atoms with van der Waals surface area (Å²) in [7, 11) is 0. The third-order valence-electron chi connectivity index (χ3n) is 3.44. The summed E-state index contributed by atoms with van der Waals surface area (Å²) >= 11 is 11.9. The first-order chi connectivity index (χ1) is 12.0. The molecule has 0 unspecified atom stereocenters. The van der Waals surface area contributed by atoms with Gasteiger partial charge in [0, 0.05) is 23.1 Å². The molecular weight excluding hydrogens is 361 g/mol. The number of carbonyl (C=O) groups excluding carboxylic acids is 2. The summed E-state index contributed by atoms with van der Waals surface area (Å²) in [6.07, 6.45) is 0.585. The van der Waals surface area contributed by atoms with E-state index in [0.29, 0.717) is 29.6 Å². The van der Waals surface area contributed by atoms with Gasteiger partial charge in [0.15, 0.2) is 0 Å². The van der Waals surface area contributed by atoms with E-state index in [4.69, 9.17) is 23.2 Å².